The molecule has 1 saturated heterocycles. The largest absolute Gasteiger partial charge is 0.396 e. The first-order valence-electron chi connectivity index (χ1n) is 10.2. The summed E-state index contributed by atoms with van der Waals surface area (Å²) in [6.45, 7) is 5.75. The molecule has 1 saturated carbocycles. The highest BCUT2D eigenvalue weighted by atomic mass is 16.3. The van der Waals surface area contributed by atoms with Crippen molar-refractivity contribution >= 4 is 5.91 Å². The number of hydrogen-bond donors (Lipinski definition) is 1. The van der Waals surface area contributed by atoms with E-state index in [0.29, 0.717) is 18.4 Å². The lowest BCUT2D eigenvalue weighted by Crippen LogP contribution is -2.47. The molecule has 1 aromatic rings. The van der Waals surface area contributed by atoms with Gasteiger partial charge in [0.1, 0.15) is 0 Å². The Morgan fingerprint density at radius 2 is 1.81 bits per heavy atom. The SMILES string of the molecule is CCN(C)C[C@@H]1CN(C(=O)C2(c3ccccc3)CCCCC2)C[C@@H]1CO. The second kappa shape index (κ2) is 8.53. The van der Waals surface area contributed by atoms with Gasteiger partial charge in [-0.25, -0.2) is 0 Å². The summed E-state index contributed by atoms with van der Waals surface area (Å²) in [7, 11) is 2.12. The molecule has 1 N–H and O–H groups in total. The van der Waals surface area contributed by atoms with E-state index < -0.39 is 0 Å². The summed E-state index contributed by atoms with van der Waals surface area (Å²) in [6, 6.07) is 10.4. The molecule has 0 aromatic heterocycles. The van der Waals surface area contributed by atoms with Crippen LogP contribution in [0.4, 0.5) is 0 Å². The number of nitrogens with zero attached hydrogens (tertiary/aromatic N) is 2. The molecule has 4 heteroatoms. The number of benzene rings is 1. The molecule has 1 amide bonds. The van der Waals surface area contributed by atoms with Crippen molar-refractivity contribution in [2.24, 2.45) is 11.8 Å². The number of aliphatic hydroxyl groups excluding tert-OH is 1. The van der Waals surface area contributed by atoms with Gasteiger partial charge in [0.25, 0.3) is 0 Å². The Balaban J connectivity index is 1.81. The number of carbonyl (C=O) groups excluding carboxylic acids is 1. The van der Waals surface area contributed by atoms with Crippen molar-refractivity contribution in [1.29, 1.82) is 0 Å². The van der Waals surface area contributed by atoms with E-state index in [-0.39, 0.29) is 17.9 Å². The zero-order valence-corrected chi connectivity index (χ0v) is 16.4. The predicted molar refractivity (Wildman–Crippen MR) is 105 cm³/mol. The Labute approximate surface area is 158 Å². The minimum Gasteiger partial charge on any atom is -0.396 e. The second-order valence-electron chi connectivity index (χ2n) is 8.28. The molecular weight excluding hydrogens is 324 g/mol. The van der Waals surface area contributed by atoms with Crippen LogP contribution in [0.15, 0.2) is 30.3 Å². The molecule has 0 bridgehead atoms. The molecule has 2 atom stereocenters. The summed E-state index contributed by atoms with van der Waals surface area (Å²) in [6.07, 6.45) is 5.39. The van der Waals surface area contributed by atoms with E-state index in [1.165, 1.54) is 12.0 Å². The van der Waals surface area contributed by atoms with Gasteiger partial charge in [-0.3, -0.25) is 4.79 Å². The molecule has 2 aliphatic rings. The Hall–Kier alpha value is -1.39. The van der Waals surface area contributed by atoms with E-state index in [4.69, 9.17) is 0 Å². The maximum Gasteiger partial charge on any atom is 0.233 e. The smallest absolute Gasteiger partial charge is 0.233 e. The third kappa shape index (κ3) is 3.81. The Bertz CT molecular complexity index is 583. The first-order valence-corrected chi connectivity index (χ1v) is 10.2. The Kier molecular flexibility index (Phi) is 6.36. The van der Waals surface area contributed by atoms with Crippen LogP contribution in [-0.4, -0.2) is 60.6 Å². The minimum atomic E-state index is -0.356. The molecule has 4 nitrogen and oxygen atoms in total. The summed E-state index contributed by atoms with van der Waals surface area (Å²) in [5.74, 6) is 0.859. The van der Waals surface area contributed by atoms with E-state index in [0.717, 1.165) is 45.3 Å². The number of amides is 1. The van der Waals surface area contributed by atoms with Crippen LogP contribution in [0, 0.1) is 11.8 Å². The summed E-state index contributed by atoms with van der Waals surface area (Å²) in [4.78, 5) is 18.1. The minimum absolute atomic E-state index is 0.171. The van der Waals surface area contributed by atoms with Crippen LogP contribution in [0.1, 0.15) is 44.6 Å². The molecule has 0 spiro atoms. The van der Waals surface area contributed by atoms with E-state index >= 15 is 0 Å². The summed E-state index contributed by atoms with van der Waals surface area (Å²) in [5, 5.41) is 9.86. The lowest BCUT2D eigenvalue weighted by atomic mass is 9.68. The quantitative estimate of drug-likeness (QED) is 0.850. The number of likely N-dealkylation sites (tertiary alicyclic amines) is 1. The van der Waals surface area contributed by atoms with Crippen molar-refractivity contribution in [3.63, 3.8) is 0 Å². The number of hydrogen-bond acceptors (Lipinski definition) is 3. The van der Waals surface area contributed by atoms with Gasteiger partial charge >= 0.3 is 0 Å². The summed E-state index contributed by atoms with van der Waals surface area (Å²) >= 11 is 0. The van der Waals surface area contributed by atoms with Gasteiger partial charge in [-0.1, -0.05) is 56.5 Å². The molecule has 26 heavy (non-hydrogen) atoms. The fourth-order valence-corrected chi connectivity index (χ4v) is 4.89. The van der Waals surface area contributed by atoms with E-state index in [1.54, 1.807) is 0 Å². The fourth-order valence-electron chi connectivity index (χ4n) is 4.89. The molecule has 1 aliphatic carbocycles. The van der Waals surface area contributed by atoms with Crippen molar-refractivity contribution in [2.45, 2.75) is 44.4 Å². The van der Waals surface area contributed by atoms with Gasteiger partial charge in [0.15, 0.2) is 0 Å². The van der Waals surface area contributed by atoms with Gasteiger partial charge in [-0.05, 0) is 37.9 Å². The standard InChI is InChI=1S/C22H34N2O2/c1-3-23(2)14-18-15-24(16-19(18)17-25)21(26)22(12-8-5-9-13-22)20-10-6-4-7-11-20/h4,6-7,10-11,18-19,25H,3,5,8-9,12-17H2,1-2H3/t18-,19-/m1/s1. The predicted octanol–water partition coefficient (Wildman–Crippen LogP) is 2.91. The first-order chi connectivity index (χ1) is 12.6. The third-order valence-corrected chi connectivity index (χ3v) is 6.63. The summed E-state index contributed by atoms with van der Waals surface area (Å²) in [5.41, 5.74) is 0.824. The molecular formula is C22H34N2O2. The van der Waals surface area contributed by atoms with E-state index in [2.05, 4.69) is 48.0 Å². The van der Waals surface area contributed by atoms with Crippen LogP contribution >= 0.6 is 0 Å². The molecule has 0 radical (unpaired) electrons. The molecule has 144 valence electrons. The fraction of sp³-hybridized carbons (Fsp3) is 0.682. The van der Waals surface area contributed by atoms with Crippen LogP contribution in [0.5, 0.6) is 0 Å². The van der Waals surface area contributed by atoms with Gasteiger partial charge in [-0.15, -0.1) is 0 Å². The normalized spacial score (nSPS) is 25.6. The average molecular weight is 359 g/mol. The van der Waals surface area contributed by atoms with Crippen LogP contribution in [0.3, 0.4) is 0 Å². The zero-order chi connectivity index (χ0) is 18.6. The van der Waals surface area contributed by atoms with Gasteiger partial charge in [-0.2, -0.15) is 0 Å². The Morgan fingerprint density at radius 1 is 1.15 bits per heavy atom. The first kappa shape index (κ1) is 19.4. The van der Waals surface area contributed by atoms with Crippen LogP contribution in [-0.2, 0) is 10.2 Å². The average Bonchev–Trinajstić information content (AvgIpc) is 3.11. The second-order valence-corrected chi connectivity index (χ2v) is 8.28. The summed E-state index contributed by atoms with van der Waals surface area (Å²) < 4.78 is 0. The Morgan fingerprint density at radius 3 is 2.42 bits per heavy atom. The van der Waals surface area contributed by atoms with Crippen LogP contribution in [0.2, 0.25) is 0 Å². The monoisotopic (exact) mass is 358 g/mol. The van der Waals surface area contributed by atoms with E-state index in [9.17, 15) is 9.90 Å². The molecule has 1 heterocycles. The van der Waals surface area contributed by atoms with Crippen LogP contribution < -0.4 is 0 Å². The lowest BCUT2D eigenvalue weighted by Gasteiger charge is -2.39. The van der Waals surface area contributed by atoms with Gasteiger partial charge < -0.3 is 14.9 Å². The number of rotatable bonds is 6. The van der Waals surface area contributed by atoms with Crippen molar-refractivity contribution in [3.8, 4) is 0 Å². The lowest BCUT2D eigenvalue weighted by molar-refractivity contribution is -0.138. The molecule has 1 aromatic carbocycles. The molecule has 3 rings (SSSR count). The van der Waals surface area contributed by atoms with Gasteiger partial charge in [0.2, 0.25) is 5.91 Å². The van der Waals surface area contributed by atoms with Crippen molar-refractivity contribution in [3.05, 3.63) is 35.9 Å². The van der Waals surface area contributed by atoms with Gasteiger partial charge in [0, 0.05) is 32.2 Å². The highest BCUT2D eigenvalue weighted by molar-refractivity contribution is 5.88. The van der Waals surface area contributed by atoms with Crippen molar-refractivity contribution < 1.29 is 9.90 Å². The van der Waals surface area contributed by atoms with Crippen molar-refractivity contribution in [1.82, 2.24) is 9.80 Å². The van der Waals surface area contributed by atoms with Crippen molar-refractivity contribution in [2.75, 3.05) is 39.8 Å². The van der Waals surface area contributed by atoms with Crippen LogP contribution in [0.25, 0.3) is 0 Å². The number of aliphatic hydroxyl groups is 1. The highest BCUT2D eigenvalue weighted by Crippen LogP contribution is 2.42. The maximum absolute atomic E-state index is 13.7. The maximum atomic E-state index is 13.7. The topological polar surface area (TPSA) is 43.8 Å². The molecule has 0 unspecified atom stereocenters. The molecule has 2 fully saturated rings. The third-order valence-electron chi connectivity index (χ3n) is 6.63. The zero-order valence-electron chi connectivity index (χ0n) is 16.4. The highest BCUT2D eigenvalue weighted by Gasteiger charge is 2.46. The number of carbonyl (C=O) groups is 1. The van der Waals surface area contributed by atoms with E-state index in [1.807, 2.05) is 6.07 Å². The molecule has 1 aliphatic heterocycles. The van der Waals surface area contributed by atoms with Gasteiger partial charge in [0.05, 0.1) is 5.41 Å².